The van der Waals surface area contributed by atoms with E-state index in [2.05, 4.69) is 127 Å². The van der Waals surface area contributed by atoms with E-state index in [-0.39, 0.29) is 0 Å². The van der Waals surface area contributed by atoms with Gasteiger partial charge in [0.2, 0.25) is 0 Å². The fourth-order valence-electron chi connectivity index (χ4n) is 7.20. The first-order valence-electron chi connectivity index (χ1n) is 16.5. The molecule has 0 saturated carbocycles. The van der Waals surface area contributed by atoms with Gasteiger partial charge in [0.15, 0.2) is 5.82 Å². The lowest BCUT2D eigenvalue weighted by molar-refractivity contribution is 0.670. The first-order chi connectivity index (χ1) is 24.3. The third-order valence-corrected chi connectivity index (χ3v) is 9.44. The zero-order chi connectivity index (χ0) is 32.3. The van der Waals surface area contributed by atoms with Gasteiger partial charge in [0.05, 0.1) is 22.4 Å². The highest BCUT2D eigenvalue weighted by Crippen LogP contribution is 2.46. The van der Waals surface area contributed by atoms with Gasteiger partial charge in [-0.1, -0.05) is 133 Å². The molecule has 7 aromatic carbocycles. The molecule has 0 unspecified atom stereocenters. The summed E-state index contributed by atoms with van der Waals surface area (Å²) in [5.74, 6) is 0.663. The number of aromatic nitrogens is 3. The van der Waals surface area contributed by atoms with E-state index in [0.717, 1.165) is 93.7 Å². The minimum absolute atomic E-state index is 0.663. The molecule has 4 heteroatoms. The average molecular weight is 626 g/mol. The van der Waals surface area contributed by atoms with E-state index in [9.17, 15) is 0 Å². The van der Waals surface area contributed by atoms with Crippen LogP contribution in [0, 0.1) is 0 Å². The van der Waals surface area contributed by atoms with Gasteiger partial charge in [0.1, 0.15) is 11.2 Å². The lowest BCUT2D eigenvalue weighted by Gasteiger charge is -2.15. The zero-order valence-electron chi connectivity index (χ0n) is 26.3. The molecule has 0 saturated heterocycles. The second-order valence-electron chi connectivity index (χ2n) is 12.4. The summed E-state index contributed by atoms with van der Waals surface area (Å²) in [6, 6.07) is 56.5. The maximum Gasteiger partial charge on any atom is 0.160 e. The zero-order valence-corrected chi connectivity index (χ0v) is 26.3. The van der Waals surface area contributed by atoms with Crippen molar-refractivity contribution in [2.24, 2.45) is 0 Å². The lowest BCUT2D eigenvalue weighted by Crippen LogP contribution is -1.97. The Bertz CT molecular complexity index is 2880. The molecule has 49 heavy (non-hydrogen) atoms. The molecule has 0 fully saturated rings. The third-order valence-electron chi connectivity index (χ3n) is 9.44. The standard InChI is InChI=1S/C45H27N3O/c1-3-14-28(15-4-1)30-18-13-19-31(26-30)45-47-38-24-11-8-21-33(38)43(48-45)36-27-35-40(41-34-22-9-12-25-39(34)49-44(36)41)32-20-7-10-23-37(32)46-42(35)29-16-5-2-6-17-29/h1-27H. The Morgan fingerprint density at radius 2 is 0.980 bits per heavy atom. The van der Waals surface area contributed by atoms with Gasteiger partial charge < -0.3 is 4.42 Å². The first kappa shape index (κ1) is 27.5. The van der Waals surface area contributed by atoms with E-state index in [1.54, 1.807) is 0 Å². The van der Waals surface area contributed by atoms with Crippen LogP contribution in [0.1, 0.15) is 0 Å². The Kier molecular flexibility index (Phi) is 6.15. The van der Waals surface area contributed by atoms with Crippen molar-refractivity contribution in [3.8, 4) is 45.0 Å². The number of pyridine rings is 1. The van der Waals surface area contributed by atoms with Crippen LogP contribution in [0.5, 0.6) is 0 Å². The predicted molar refractivity (Wildman–Crippen MR) is 201 cm³/mol. The van der Waals surface area contributed by atoms with Crippen molar-refractivity contribution in [1.29, 1.82) is 0 Å². The Hall–Kier alpha value is -6.65. The van der Waals surface area contributed by atoms with E-state index >= 15 is 0 Å². The Morgan fingerprint density at radius 3 is 1.78 bits per heavy atom. The highest BCUT2D eigenvalue weighted by Gasteiger charge is 2.23. The molecule has 3 heterocycles. The lowest BCUT2D eigenvalue weighted by atomic mass is 9.92. The van der Waals surface area contributed by atoms with Gasteiger partial charge in [0, 0.05) is 49.0 Å². The molecular formula is C45H27N3O. The summed E-state index contributed by atoms with van der Waals surface area (Å²) in [5.41, 5.74) is 10.4. The second kappa shape index (κ2) is 11.0. The molecule has 0 aliphatic heterocycles. The van der Waals surface area contributed by atoms with Crippen LogP contribution in [0.15, 0.2) is 168 Å². The summed E-state index contributed by atoms with van der Waals surface area (Å²) < 4.78 is 6.83. The maximum atomic E-state index is 6.83. The van der Waals surface area contributed by atoms with E-state index in [1.165, 1.54) is 0 Å². The normalized spacial score (nSPS) is 11.7. The predicted octanol–water partition coefficient (Wildman–Crippen LogP) is 11.9. The highest BCUT2D eigenvalue weighted by molar-refractivity contribution is 6.31. The van der Waals surface area contributed by atoms with Crippen molar-refractivity contribution in [3.63, 3.8) is 0 Å². The summed E-state index contributed by atoms with van der Waals surface area (Å²) in [6.07, 6.45) is 0. The van der Waals surface area contributed by atoms with E-state index < -0.39 is 0 Å². The van der Waals surface area contributed by atoms with Crippen molar-refractivity contribution < 1.29 is 4.42 Å². The van der Waals surface area contributed by atoms with Crippen LogP contribution in [0.3, 0.4) is 0 Å². The van der Waals surface area contributed by atoms with Crippen LogP contribution < -0.4 is 0 Å². The van der Waals surface area contributed by atoms with Crippen LogP contribution in [0.4, 0.5) is 0 Å². The van der Waals surface area contributed by atoms with Crippen LogP contribution in [0.25, 0.3) is 99.5 Å². The monoisotopic (exact) mass is 625 g/mol. The third kappa shape index (κ3) is 4.42. The van der Waals surface area contributed by atoms with E-state index in [1.807, 2.05) is 36.4 Å². The van der Waals surface area contributed by atoms with Crippen LogP contribution in [-0.4, -0.2) is 15.0 Å². The fourth-order valence-corrected chi connectivity index (χ4v) is 7.20. The minimum atomic E-state index is 0.663. The fraction of sp³-hybridized carbons (Fsp3) is 0. The largest absolute Gasteiger partial charge is 0.455 e. The summed E-state index contributed by atoms with van der Waals surface area (Å²) in [6.45, 7) is 0. The number of para-hydroxylation sites is 3. The number of hydrogen-bond donors (Lipinski definition) is 0. The molecule has 0 bridgehead atoms. The van der Waals surface area contributed by atoms with Crippen molar-refractivity contribution >= 4 is 54.5 Å². The minimum Gasteiger partial charge on any atom is -0.455 e. The summed E-state index contributed by atoms with van der Waals surface area (Å²) >= 11 is 0. The quantitative estimate of drug-likeness (QED) is 0.183. The Labute approximate surface area is 282 Å². The number of furan rings is 1. The van der Waals surface area contributed by atoms with Crippen molar-refractivity contribution in [3.05, 3.63) is 164 Å². The molecule has 0 spiro atoms. The van der Waals surface area contributed by atoms with E-state index in [4.69, 9.17) is 19.4 Å². The maximum absolute atomic E-state index is 6.83. The van der Waals surface area contributed by atoms with Gasteiger partial charge in [0.25, 0.3) is 0 Å². The molecule has 0 amide bonds. The van der Waals surface area contributed by atoms with Crippen molar-refractivity contribution in [2.45, 2.75) is 0 Å². The molecule has 10 aromatic rings. The Morgan fingerprint density at radius 1 is 0.367 bits per heavy atom. The smallest absolute Gasteiger partial charge is 0.160 e. The van der Waals surface area contributed by atoms with Gasteiger partial charge in [-0.05, 0) is 41.5 Å². The number of rotatable bonds is 4. The summed E-state index contributed by atoms with van der Waals surface area (Å²) in [7, 11) is 0. The number of fused-ring (bicyclic) bond motifs is 8. The molecule has 3 aromatic heterocycles. The van der Waals surface area contributed by atoms with Crippen LogP contribution in [-0.2, 0) is 0 Å². The molecule has 0 aliphatic rings. The molecule has 0 aliphatic carbocycles. The topological polar surface area (TPSA) is 51.8 Å². The van der Waals surface area contributed by atoms with Gasteiger partial charge in [-0.15, -0.1) is 0 Å². The first-order valence-corrected chi connectivity index (χ1v) is 16.5. The summed E-state index contributed by atoms with van der Waals surface area (Å²) in [4.78, 5) is 15.8. The molecule has 228 valence electrons. The molecular weight excluding hydrogens is 599 g/mol. The highest BCUT2D eigenvalue weighted by atomic mass is 16.3. The van der Waals surface area contributed by atoms with E-state index in [0.29, 0.717) is 5.82 Å². The number of benzene rings is 7. The second-order valence-corrected chi connectivity index (χ2v) is 12.4. The molecule has 0 atom stereocenters. The van der Waals surface area contributed by atoms with Gasteiger partial charge in [-0.25, -0.2) is 15.0 Å². The molecule has 4 nitrogen and oxygen atoms in total. The molecule has 10 rings (SSSR count). The van der Waals surface area contributed by atoms with Crippen molar-refractivity contribution in [2.75, 3.05) is 0 Å². The van der Waals surface area contributed by atoms with Crippen LogP contribution in [0.2, 0.25) is 0 Å². The Balaban J connectivity index is 1.34. The summed E-state index contributed by atoms with van der Waals surface area (Å²) in [5, 5.41) is 6.35. The van der Waals surface area contributed by atoms with Crippen LogP contribution >= 0.6 is 0 Å². The molecule has 0 radical (unpaired) electrons. The van der Waals surface area contributed by atoms with Crippen molar-refractivity contribution in [1.82, 2.24) is 15.0 Å². The number of nitrogens with zero attached hydrogens (tertiary/aromatic N) is 3. The number of hydrogen-bond acceptors (Lipinski definition) is 4. The average Bonchev–Trinajstić information content (AvgIpc) is 3.57. The van der Waals surface area contributed by atoms with Gasteiger partial charge >= 0.3 is 0 Å². The SMILES string of the molecule is c1ccc(-c2cccc(-c3nc(-c4cc5c(-c6ccccc6)nc6ccccc6c5c5c4oc4ccccc45)c4ccccc4n3)c2)cc1. The van der Waals surface area contributed by atoms with Gasteiger partial charge in [-0.3, -0.25) is 0 Å². The van der Waals surface area contributed by atoms with Gasteiger partial charge in [-0.2, -0.15) is 0 Å². The molecule has 0 N–H and O–H groups in total.